The third kappa shape index (κ3) is 6.61. The van der Waals surface area contributed by atoms with Gasteiger partial charge in [-0.3, -0.25) is 0 Å². The average molecular weight is 333 g/mol. The molecular formula is C18H21ClN2O2. The average Bonchev–Trinajstić information content (AvgIpc) is 2.54. The molecule has 0 spiro atoms. The van der Waals surface area contributed by atoms with Gasteiger partial charge in [0.25, 0.3) is 0 Å². The van der Waals surface area contributed by atoms with E-state index in [-0.39, 0.29) is 6.03 Å². The number of carbonyl (C=O) groups is 1. The molecule has 0 saturated carbocycles. The lowest BCUT2D eigenvalue weighted by Crippen LogP contribution is -2.36. The summed E-state index contributed by atoms with van der Waals surface area (Å²) in [6.07, 6.45) is 0.748. The number of urea groups is 1. The fourth-order valence-corrected chi connectivity index (χ4v) is 2.20. The normalized spacial score (nSPS) is 10.2. The van der Waals surface area contributed by atoms with Crippen molar-refractivity contribution >= 4 is 17.6 Å². The van der Waals surface area contributed by atoms with Crippen molar-refractivity contribution in [2.24, 2.45) is 0 Å². The number of halogens is 1. The molecule has 5 heteroatoms. The van der Waals surface area contributed by atoms with Crippen LogP contribution >= 0.6 is 11.6 Å². The van der Waals surface area contributed by atoms with Gasteiger partial charge in [-0.05, 0) is 43.2 Å². The molecule has 0 aliphatic heterocycles. The first-order chi connectivity index (χ1) is 11.1. The molecule has 0 saturated heterocycles. The zero-order valence-electron chi connectivity index (χ0n) is 13.1. The minimum absolute atomic E-state index is 0.194. The summed E-state index contributed by atoms with van der Waals surface area (Å²) in [4.78, 5) is 11.7. The molecular weight excluding hydrogens is 312 g/mol. The first-order valence-corrected chi connectivity index (χ1v) is 7.97. The molecule has 2 amide bonds. The van der Waals surface area contributed by atoms with Gasteiger partial charge in [0.15, 0.2) is 0 Å². The van der Waals surface area contributed by atoms with E-state index in [1.54, 1.807) is 6.07 Å². The van der Waals surface area contributed by atoms with Crippen LogP contribution in [0, 0.1) is 6.92 Å². The summed E-state index contributed by atoms with van der Waals surface area (Å²) in [5.41, 5.74) is 2.17. The van der Waals surface area contributed by atoms with E-state index in [1.165, 1.54) is 5.56 Å². The molecule has 0 aliphatic rings. The SMILES string of the molecule is Cc1ccc(OCCCNC(=O)NCc2cccc(Cl)c2)cc1. The lowest BCUT2D eigenvalue weighted by atomic mass is 10.2. The molecule has 2 aromatic carbocycles. The van der Waals surface area contributed by atoms with Crippen molar-refractivity contribution in [2.75, 3.05) is 13.2 Å². The van der Waals surface area contributed by atoms with Gasteiger partial charge in [-0.2, -0.15) is 0 Å². The molecule has 2 aromatic rings. The lowest BCUT2D eigenvalue weighted by Gasteiger charge is -2.09. The molecule has 0 aliphatic carbocycles. The van der Waals surface area contributed by atoms with Crippen molar-refractivity contribution in [2.45, 2.75) is 19.9 Å². The second-order valence-corrected chi connectivity index (χ2v) is 5.69. The Balaban J connectivity index is 1.57. The monoisotopic (exact) mass is 332 g/mol. The minimum Gasteiger partial charge on any atom is -0.494 e. The number of amides is 2. The van der Waals surface area contributed by atoms with E-state index >= 15 is 0 Å². The highest BCUT2D eigenvalue weighted by atomic mass is 35.5. The Morgan fingerprint density at radius 2 is 1.91 bits per heavy atom. The van der Waals surface area contributed by atoms with Crippen molar-refractivity contribution < 1.29 is 9.53 Å². The van der Waals surface area contributed by atoms with Crippen LogP contribution in [-0.4, -0.2) is 19.2 Å². The van der Waals surface area contributed by atoms with Crippen LogP contribution in [0.3, 0.4) is 0 Å². The zero-order valence-corrected chi connectivity index (χ0v) is 13.9. The predicted octanol–water partition coefficient (Wildman–Crippen LogP) is 3.92. The van der Waals surface area contributed by atoms with Crippen molar-refractivity contribution in [1.29, 1.82) is 0 Å². The summed E-state index contributed by atoms with van der Waals surface area (Å²) in [6, 6.07) is 15.1. The second-order valence-electron chi connectivity index (χ2n) is 5.25. The first kappa shape index (κ1) is 17.2. The first-order valence-electron chi connectivity index (χ1n) is 7.59. The highest BCUT2D eigenvalue weighted by molar-refractivity contribution is 6.30. The molecule has 4 nitrogen and oxygen atoms in total. The van der Waals surface area contributed by atoms with Crippen LogP contribution in [0.25, 0.3) is 0 Å². The number of hydrogen-bond acceptors (Lipinski definition) is 2. The van der Waals surface area contributed by atoms with E-state index in [2.05, 4.69) is 10.6 Å². The van der Waals surface area contributed by atoms with E-state index in [0.29, 0.717) is 24.7 Å². The molecule has 0 atom stereocenters. The third-order valence-corrected chi connectivity index (χ3v) is 3.47. The highest BCUT2D eigenvalue weighted by Gasteiger charge is 2.00. The molecule has 0 heterocycles. The number of hydrogen-bond donors (Lipinski definition) is 2. The van der Waals surface area contributed by atoms with Gasteiger partial charge in [0, 0.05) is 18.1 Å². The van der Waals surface area contributed by atoms with Gasteiger partial charge >= 0.3 is 6.03 Å². The fraction of sp³-hybridized carbons (Fsp3) is 0.278. The van der Waals surface area contributed by atoms with E-state index in [9.17, 15) is 4.79 Å². The number of rotatable bonds is 7. The van der Waals surface area contributed by atoms with Crippen LogP contribution in [0.1, 0.15) is 17.5 Å². The summed E-state index contributed by atoms with van der Waals surface area (Å²) in [6.45, 7) is 3.62. The summed E-state index contributed by atoms with van der Waals surface area (Å²) in [5, 5.41) is 6.26. The smallest absolute Gasteiger partial charge is 0.315 e. The van der Waals surface area contributed by atoms with Gasteiger partial charge in [0.05, 0.1) is 6.61 Å². The topological polar surface area (TPSA) is 50.4 Å². The highest BCUT2D eigenvalue weighted by Crippen LogP contribution is 2.11. The van der Waals surface area contributed by atoms with Crippen molar-refractivity contribution in [3.8, 4) is 5.75 Å². The number of benzene rings is 2. The maximum Gasteiger partial charge on any atom is 0.315 e. The summed E-state index contributed by atoms with van der Waals surface area (Å²) in [7, 11) is 0. The van der Waals surface area contributed by atoms with Crippen LogP contribution in [0.15, 0.2) is 48.5 Å². The molecule has 0 unspecified atom stereocenters. The molecule has 0 bridgehead atoms. The Morgan fingerprint density at radius 1 is 1.13 bits per heavy atom. The van der Waals surface area contributed by atoms with E-state index < -0.39 is 0 Å². The molecule has 122 valence electrons. The van der Waals surface area contributed by atoms with Gasteiger partial charge in [-0.25, -0.2) is 4.79 Å². The Labute approximate surface area is 141 Å². The van der Waals surface area contributed by atoms with Crippen LogP contribution in [0.5, 0.6) is 5.75 Å². The molecule has 0 radical (unpaired) electrons. The van der Waals surface area contributed by atoms with Crippen molar-refractivity contribution in [3.05, 3.63) is 64.7 Å². The molecule has 23 heavy (non-hydrogen) atoms. The van der Waals surface area contributed by atoms with Crippen molar-refractivity contribution in [1.82, 2.24) is 10.6 Å². The Morgan fingerprint density at radius 3 is 2.65 bits per heavy atom. The fourth-order valence-electron chi connectivity index (χ4n) is 1.99. The maximum atomic E-state index is 11.7. The maximum absolute atomic E-state index is 11.7. The Kier molecular flexibility index (Phi) is 6.76. The minimum atomic E-state index is -0.194. The lowest BCUT2D eigenvalue weighted by molar-refractivity contribution is 0.238. The van der Waals surface area contributed by atoms with Gasteiger partial charge in [0.1, 0.15) is 5.75 Å². The van der Waals surface area contributed by atoms with Crippen molar-refractivity contribution in [3.63, 3.8) is 0 Å². The molecule has 2 N–H and O–H groups in total. The number of nitrogens with one attached hydrogen (secondary N) is 2. The van der Waals surface area contributed by atoms with E-state index in [1.807, 2.05) is 49.4 Å². The Hall–Kier alpha value is -2.20. The zero-order chi connectivity index (χ0) is 16.5. The van der Waals surface area contributed by atoms with Gasteiger partial charge in [0.2, 0.25) is 0 Å². The number of carbonyl (C=O) groups excluding carboxylic acids is 1. The molecule has 0 aromatic heterocycles. The van der Waals surface area contributed by atoms with Crippen LogP contribution in [0.4, 0.5) is 4.79 Å². The van der Waals surface area contributed by atoms with Gasteiger partial charge in [-0.15, -0.1) is 0 Å². The number of ether oxygens (including phenoxy) is 1. The predicted molar refractivity (Wildman–Crippen MR) is 93.0 cm³/mol. The second kappa shape index (κ2) is 9.06. The van der Waals surface area contributed by atoms with E-state index in [4.69, 9.17) is 16.3 Å². The van der Waals surface area contributed by atoms with Crippen LogP contribution in [-0.2, 0) is 6.54 Å². The standard InChI is InChI=1S/C18H21ClN2O2/c1-14-6-8-17(9-7-14)23-11-3-10-20-18(22)21-13-15-4-2-5-16(19)12-15/h2,4-9,12H,3,10-11,13H2,1H3,(H2,20,21,22). The summed E-state index contributed by atoms with van der Waals surface area (Å²) < 4.78 is 5.60. The van der Waals surface area contributed by atoms with E-state index in [0.717, 1.165) is 17.7 Å². The third-order valence-electron chi connectivity index (χ3n) is 3.24. The van der Waals surface area contributed by atoms with Gasteiger partial charge < -0.3 is 15.4 Å². The molecule has 0 fully saturated rings. The van der Waals surface area contributed by atoms with Gasteiger partial charge in [-0.1, -0.05) is 41.4 Å². The number of aryl methyl sites for hydroxylation is 1. The summed E-state index contributed by atoms with van der Waals surface area (Å²) >= 11 is 5.90. The van der Waals surface area contributed by atoms with Crippen LogP contribution < -0.4 is 15.4 Å². The molecule has 2 rings (SSSR count). The Bertz CT molecular complexity index is 629. The largest absolute Gasteiger partial charge is 0.494 e. The van der Waals surface area contributed by atoms with Crippen LogP contribution in [0.2, 0.25) is 5.02 Å². The summed E-state index contributed by atoms with van der Waals surface area (Å²) in [5.74, 6) is 0.848. The quantitative estimate of drug-likeness (QED) is 0.755.